The van der Waals surface area contributed by atoms with E-state index in [1.54, 1.807) is 0 Å². The van der Waals surface area contributed by atoms with Gasteiger partial charge in [0, 0.05) is 18.3 Å². The summed E-state index contributed by atoms with van der Waals surface area (Å²) in [6.07, 6.45) is 3.24. The Hall–Kier alpha value is -0.650. The second-order valence-corrected chi connectivity index (χ2v) is 7.14. The molecule has 5 fully saturated rings. The number of esters is 1. The Morgan fingerprint density at radius 3 is 2.70 bits per heavy atom. The van der Waals surface area contributed by atoms with Gasteiger partial charge in [0.2, 0.25) is 12.1 Å². The first-order valence-electron chi connectivity index (χ1n) is 7.71. The predicted molar refractivity (Wildman–Crippen MR) is 68.0 cm³/mol. The molecule has 5 rings (SSSR count). The Kier molecular flexibility index (Phi) is 2.58. The van der Waals surface area contributed by atoms with Gasteiger partial charge in [-0.25, -0.2) is 9.78 Å². The van der Waals surface area contributed by atoms with Crippen LogP contribution in [0.25, 0.3) is 0 Å². The minimum atomic E-state index is -0.793. The molecule has 4 aliphatic heterocycles. The number of ether oxygens (including phenoxy) is 2. The fourth-order valence-electron chi connectivity index (χ4n) is 4.76. The highest BCUT2D eigenvalue weighted by molar-refractivity contribution is 5.74. The maximum atomic E-state index is 12.1. The summed E-state index contributed by atoms with van der Waals surface area (Å²) in [5.74, 6) is -0.137. The SMILES string of the molecule is C[C@@H]1CCC2[C@@H](C)C(=O)O[C@@H]3O[C@@]4(C)CCC1[C@@]23OO4. The molecular weight excluding hydrogens is 260 g/mol. The standard InChI is InChI=1S/C15H22O5/c1-8-4-5-11-9(2)12(16)17-13-15(11)10(8)6-7-14(3,18-13)19-20-15/h8-11,13H,4-7H2,1-3H3/t8-,9-,10?,11?,13-,14-,15-/m1/s1. The van der Waals surface area contributed by atoms with Crippen molar-refractivity contribution >= 4 is 5.97 Å². The van der Waals surface area contributed by atoms with E-state index < -0.39 is 17.7 Å². The molecule has 7 atom stereocenters. The summed E-state index contributed by atoms with van der Waals surface area (Å²) in [6.45, 7) is 6.06. The lowest BCUT2D eigenvalue weighted by atomic mass is 9.58. The molecule has 5 heteroatoms. The first kappa shape index (κ1) is 13.0. The second-order valence-electron chi connectivity index (χ2n) is 7.14. The zero-order valence-electron chi connectivity index (χ0n) is 12.3. The van der Waals surface area contributed by atoms with Crippen LogP contribution in [0.5, 0.6) is 0 Å². The Morgan fingerprint density at radius 2 is 1.90 bits per heavy atom. The number of carbonyl (C=O) groups is 1. The van der Waals surface area contributed by atoms with Crippen molar-refractivity contribution in [2.24, 2.45) is 23.7 Å². The Morgan fingerprint density at radius 1 is 1.10 bits per heavy atom. The second kappa shape index (κ2) is 3.96. The van der Waals surface area contributed by atoms with Gasteiger partial charge in [0.05, 0.1) is 5.92 Å². The molecule has 5 nitrogen and oxygen atoms in total. The van der Waals surface area contributed by atoms with E-state index in [2.05, 4.69) is 6.92 Å². The van der Waals surface area contributed by atoms with E-state index >= 15 is 0 Å². The molecule has 1 aliphatic carbocycles. The molecule has 2 unspecified atom stereocenters. The number of hydrogen-bond acceptors (Lipinski definition) is 5. The van der Waals surface area contributed by atoms with Crippen LogP contribution in [0.2, 0.25) is 0 Å². The van der Waals surface area contributed by atoms with Crippen LogP contribution in [0, 0.1) is 23.7 Å². The maximum absolute atomic E-state index is 12.1. The first-order valence-corrected chi connectivity index (χ1v) is 7.71. The summed E-state index contributed by atoms with van der Waals surface area (Å²) in [4.78, 5) is 23.7. The van der Waals surface area contributed by atoms with Gasteiger partial charge in [0.1, 0.15) is 0 Å². The van der Waals surface area contributed by atoms with E-state index in [1.165, 1.54) is 0 Å². The summed E-state index contributed by atoms with van der Waals surface area (Å²) < 4.78 is 11.6. The van der Waals surface area contributed by atoms with Crippen molar-refractivity contribution in [1.29, 1.82) is 0 Å². The zero-order chi connectivity index (χ0) is 14.1. The lowest BCUT2D eigenvalue weighted by Crippen LogP contribution is -2.69. The van der Waals surface area contributed by atoms with Gasteiger partial charge in [0.15, 0.2) is 5.60 Å². The Balaban J connectivity index is 1.84. The molecule has 5 aliphatic rings. The Bertz CT molecular complexity index is 452. The van der Waals surface area contributed by atoms with E-state index in [-0.39, 0.29) is 17.8 Å². The lowest BCUT2D eigenvalue weighted by molar-refractivity contribution is -0.559. The van der Waals surface area contributed by atoms with Gasteiger partial charge in [0.25, 0.3) is 0 Å². The summed E-state index contributed by atoms with van der Waals surface area (Å²) in [5, 5.41) is 0. The van der Waals surface area contributed by atoms with Crippen LogP contribution in [0.15, 0.2) is 0 Å². The van der Waals surface area contributed by atoms with Crippen molar-refractivity contribution in [3.8, 4) is 0 Å². The van der Waals surface area contributed by atoms with Crippen LogP contribution < -0.4 is 0 Å². The molecule has 4 saturated heterocycles. The average Bonchev–Trinajstić information content (AvgIpc) is 2.63. The highest BCUT2D eigenvalue weighted by atomic mass is 17.3. The van der Waals surface area contributed by atoms with Crippen molar-refractivity contribution < 1.29 is 24.0 Å². The molecule has 0 aromatic heterocycles. The van der Waals surface area contributed by atoms with Crippen molar-refractivity contribution in [1.82, 2.24) is 0 Å². The number of rotatable bonds is 0. The molecule has 20 heavy (non-hydrogen) atoms. The van der Waals surface area contributed by atoms with Crippen molar-refractivity contribution in [3.05, 3.63) is 0 Å². The molecule has 112 valence electrons. The molecule has 0 radical (unpaired) electrons. The molecule has 0 aromatic carbocycles. The van der Waals surface area contributed by atoms with Gasteiger partial charge in [-0.05, 0) is 32.1 Å². The smallest absolute Gasteiger partial charge is 0.311 e. The van der Waals surface area contributed by atoms with Gasteiger partial charge < -0.3 is 9.47 Å². The molecule has 0 amide bonds. The topological polar surface area (TPSA) is 54.0 Å². The van der Waals surface area contributed by atoms with Crippen LogP contribution in [0.3, 0.4) is 0 Å². The normalized spacial score (nSPS) is 57.8. The van der Waals surface area contributed by atoms with Gasteiger partial charge in [-0.2, -0.15) is 0 Å². The zero-order valence-corrected chi connectivity index (χ0v) is 12.3. The molecule has 2 bridgehead atoms. The van der Waals surface area contributed by atoms with E-state index in [0.29, 0.717) is 11.8 Å². The fourth-order valence-corrected chi connectivity index (χ4v) is 4.76. The molecule has 0 N–H and O–H groups in total. The van der Waals surface area contributed by atoms with Crippen molar-refractivity contribution in [2.45, 2.75) is 64.1 Å². The molecule has 1 spiro atoms. The largest absolute Gasteiger partial charge is 0.432 e. The van der Waals surface area contributed by atoms with Crippen LogP contribution in [0.4, 0.5) is 0 Å². The van der Waals surface area contributed by atoms with Crippen LogP contribution in [-0.2, 0) is 24.0 Å². The monoisotopic (exact) mass is 282 g/mol. The summed E-state index contributed by atoms with van der Waals surface area (Å²) in [5.41, 5.74) is -0.610. The third-order valence-corrected chi connectivity index (χ3v) is 5.97. The minimum absolute atomic E-state index is 0.123. The quantitative estimate of drug-likeness (QED) is 0.504. The van der Waals surface area contributed by atoms with E-state index in [1.807, 2.05) is 13.8 Å². The van der Waals surface area contributed by atoms with Gasteiger partial charge in [-0.1, -0.05) is 13.8 Å². The number of carbonyl (C=O) groups excluding carboxylic acids is 1. The molecule has 1 saturated carbocycles. The summed E-state index contributed by atoms with van der Waals surface area (Å²) in [7, 11) is 0. The van der Waals surface area contributed by atoms with Crippen LogP contribution in [0.1, 0.15) is 46.5 Å². The van der Waals surface area contributed by atoms with Crippen LogP contribution in [-0.4, -0.2) is 23.6 Å². The number of fused-ring (bicyclic) bond motifs is 2. The van der Waals surface area contributed by atoms with Crippen molar-refractivity contribution in [3.63, 3.8) is 0 Å². The lowest BCUT2D eigenvalue weighted by Gasteiger charge is -2.57. The third-order valence-electron chi connectivity index (χ3n) is 5.97. The minimum Gasteiger partial charge on any atom is -0.432 e. The van der Waals surface area contributed by atoms with E-state index in [9.17, 15) is 4.79 Å². The average molecular weight is 282 g/mol. The van der Waals surface area contributed by atoms with E-state index in [4.69, 9.17) is 19.2 Å². The first-order chi connectivity index (χ1) is 9.46. The van der Waals surface area contributed by atoms with Crippen LogP contribution >= 0.6 is 0 Å². The predicted octanol–water partition coefficient (Wildman–Crippen LogP) is 2.39. The van der Waals surface area contributed by atoms with Gasteiger partial charge >= 0.3 is 5.97 Å². The molecule has 0 aromatic rings. The highest BCUT2D eigenvalue weighted by Crippen LogP contribution is 2.59. The fraction of sp³-hybridized carbons (Fsp3) is 0.933. The molecular formula is C15H22O5. The highest BCUT2D eigenvalue weighted by Gasteiger charge is 2.69. The Labute approximate surface area is 118 Å². The number of hydrogen-bond donors (Lipinski definition) is 0. The maximum Gasteiger partial charge on any atom is 0.311 e. The van der Waals surface area contributed by atoms with Gasteiger partial charge in [-0.15, -0.1) is 0 Å². The molecule has 4 heterocycles. The van der Waals surface area contributed by atoms with E-state index in [0.717, 1.165) is 25.7 Å². The van der Waals surface area contributed by atoms with Gasteiger partial charge in [-0.3, -0.25) is 4.79 Å². The van der Waals surface area contributed by atoms with Crippen molar-refractivity contribution in [2.75, 3.05) is 0 Å². The summed E-state index contributed by atoms with van der Waals surface area (Å²) >= 11 is 0. The summed E-state index contributed by atoms with van der Waals surface area (Å²) in [6, 6.07) is 0. The third kappa shape index (κ3) is 1.46.